The van der Waals surface area contributed by atoms with Crippen LogP contribution in [0.25, 0.3) is 10.9 Å². The van der Waals surface area contributed by atoms with Gasteiger partial charge in [0, 0.05) is 30.9 Å². The van der Waals surface area contributed by atoms with Gasteiger partial charge in [0.25, 0.3) is 0 Å². The van der Waals surface area contributed by atoms with Crippen LogP contribution < -0.4 is 0 Å². The van der Waals surface area contributed by atoms with E-state index in [1.54, 1.807) is 0 Å². The number of halogens is 1. The molecule has 0 saturated carbocycles. The maximum Gasteiger partial charge on any atom is 0.0705 e. The van der Waals surface area contributed by atoms with Crippen molar-refractivity contribution in [3.63, 3.8) is 0 Å². The molecule has 0 bridgehead atoms. The van der Waals surface area contributed by atoms with E-state index >= 15 is 0 Å². The number of para-hydroxylation sites is 1. The lowest BCUT2D eigenvalue weighted by molar-refractivity contribution is 0.250. The molecule has 1 fully saturated rings. The summed E-state index contributed by atoms with van der Waals surface area (Å²) in [5, 5.41) is 1.22. The van der Waals surface area contributed by atoms with Crippen LogP contribution in [0.4, 0.5) is 0 Å². The third-order valence-corrected chi connectivity index (χ3v) is 4.60. The van der Waals surface area contributed by atoms with E-state index < -0.39 is 0 Å². The van der Waals surface area contributed by atoms with Gasteiger partial charge in [-0.05, 0) is 44.6 Å². The van der Waals surface area contributed by atoms with Crippen LogP contribution in [0, 0.1) is 0 Å². The van der Waals surface area contributed by atoms with Crippen LogP contribution in [-0.2, 0) is 6.54 Å². The van der Waals surface area contributed by atoms with E-state index in [4.69, 9.17) is 16.6 Å². The quantitative estimate of drug-likeness (QED) is 0.788. The Bertz CT molecular complexity index is 602. The standard InChI is InChI=1S/C18H24ClN3/c19-9-3-10-21-11-4-12-22(14-13-21)15-17-8-7-16-5-1-2-6-18(16)20-17/h1-2,5-8H,3-4,9-15H2. The van der Waals surface area contributed by atoms with Gasteiger partial charge >= 0.3 is 0 Å². The van der Waals surface area contributed by atoms with Crippen molar-refractivity contribution in [2.45, 2.75) is 19.4 Å². The van der Waals surface area contributed by atoms with Gasteiger partial charge < -0.3 is 4.90 Å². The van der Waals surface area contributed by atoms with Crippen LogP contribution in [-0.4, -0.2) is 53.4 Å². The molecule has 0 unspecified atom stereocenters. The van der Waals surface area contributed by atoms with Gasteiger partial charge in [0.1, 0.15) is 0 Å². The summed E-state index contributed by atoms with van der Waals surface area (Å²) in [5.41, 5.74) is 2.27. The predicted octanol–water partition coefficient (Wildman–Crippen LogP) is 3.37. The van der Waals surface area contributed by atoms with E-state index in [9.17, 15) is 0 Å². The zero-order valence-electron chi connectivity index (χ0n) is 13.0. The van der Waals surface area contributed by atoms with Crippen molar-refractivity contribution in [3.8, 4) is 0 Å². The van der Waals surface area contributed by atoms with Gasteiger partial charge in [-0.15, -0.1) is 11.6 Å². The molecule has 3 nitrogen and oxygen atoms in total. The van der Waals surface area contributed by atoms with E-state index in [0.29, 0.717) is 0 Å². The number of aromatic nitrogens is 1. The van der Waals surface area contributed by atoms with Crippen molar-refractivity contribution < 1.29 is 0 Å². The minimum absolute atomic E-state index is 0.765. The summed E-state index contributed by atoms with van der Waals surface area (Å²) in [6.45, 7) is 6.70. The molecular formula is C18H24ClN3. The van der Waals surface area contributed by atoms with Crippen molar-refractivity contribution in [2.75, 3.05) is 38.6 Å². The molecule has 22 heavy (non-hydrogen) atoms. The summed E-state index contributed by atoms with van der Waals surface area (Å²) < 4.78 is 0. The van der Waals surface area contributed by atoms with Crippen molar-refractivity contribution >= 4 is 22.5 Å². The summed E-state index contributed by atoms with van der Waals surface area (Å²) in [6, 6.07) is 12.7. The Morgan fingerprint density at radius 1 is 0.955 bits per heavy atom. The monoisotopic (exact) mass is 317 g/mol. The molecule has 0 radical (unpaired) electrons. The molecule has 0 N–H and O–H groups in total. The number of benzene rings is 1. The molecule has 0 aliphatic carbocycles. The average Bonchev–Trinajstić information content (AvgIpc) is 2.78. The lowest BCUT2D eigenvalue weighted by atomic mass is 10.2. The second-order valence-electron chi connectivity index (χ2n) is 6.01. The smallest absolute Gasteiger partial charge is 0.0705 e. The maximum atomic E-state index is 5.80. The third-order valence-electron chi connectivity index (χ3n) is 4.33. The summed E-state index contributed by atoms with van der Waals surface area (Å²) in [6.07, 6.45) is 2.32. The van der Waals surface area contributed by atoms with Gasteiger partial charge in [0.05, 0.1) is 11.2 Å². The number of fused-ring (bicyclic) bond motifs is 1. The van der Waals surface area contributed by atoms with E-state index in [0.717, 1.165) is 50.5 Å². The van der Waals surface area contributed by atoms with Crippen molar-refractivity contribution in [3.05, 3.63) is 42.1 Å². The summed E-state index contributed by atoms with van der Waals surface area (Å²) in [4.78, 5) is 9.86. The predicted molar refractivity (Wildman–Crippen MR) is 93.4 cm³/mol. The van der Waals surface area contributed by atoms with Gasteiger partial charge in [-0.3, -0.25) is 9.88 Å². The summed E-state index contributed by atoms with van der Waals surface area (Å²) in [7, 11) is 0. The Kier molecular flexibility index (Phi) is 5.65. The number of hydrogen-bond donors (Lipinski definition) is 0. The molecular weight excluding hydrogens is 294 g/mol. The van der Waals surface area contributed by atoms with Crippen molar-refractivity contribution in [1.82, 2.24) is 14.8 Å². The zero-order chi connectivity index (χ0) is 15.2. The molecule has 1 aliphatic rings. The Labute approximate surface area is 137 Å². The fraction of sp³-hybridized carbons (Fsp3) is 0.500. The number of rotatable bonds is 5. The van der Waals surface area contributed by atoms with Crippen LogP contribution >= 0.6 is 11.6 Å². The molecule has 1 saturated heterocycles. The number of nitrogens with zero attached hydrogens (tertiary/aromatic N) is 3. The average molecular weight is 318 g/mol. The highest BCUT2D eigenvalue weighted by molar-refractivity contribution is 6.17. The minimum atomic E-state index is 0.765. The minimum Gasteiger partial charge on any atom is -0.302 e. The SMILES string of the molecule is ClCCCN1CCCN(Cc2ccc3ccccc3n2)CC1. The normalized spacial score (nSPS) is 17.7. The largest absolute Gasteiger partial charge is 0.302 e. The number of pyridine rings is 1. The highest BCUT2D eigenvalue weighted by atomic mass is 35.5. The Morgan fingerprint density at radius 3 is 2.68 bits per heavy atom. The van der Waals surface area contributed by atoms with Gasteiger partial charge in [0.15, 0.2) is 0 Å². The van der Waals surface area contributed by atoms with E-state index in [2.05, 4.69) is 46.2 Å². The fourth-order valence-electron chi connectivity index (χ4n) is 3.11. The Balaban J connectivity index is 1.59. The molecule has 0 atom stereocenters. The molecule has 0 amide bonds. The molecule has 1 aromatic heterocycles. The molecule has 0 spiro atoms. The highest BCUT2D eigenvalue weighted by Gasteiger charge is 2.15. The topological polar surface area (TPSA) is 19.4 Å². The van der Waals surface area contributed by atoms with Crippen LogP contribution in [0.2, 0.25) is 0 Å². The molecule has 118 valence electrons. The lowest BCUT2D eigenvalue weighted by Gasteiger charge is -2.21. The van der Waals surface area contributed by atoms with E-state index in [1.165, 1.54) is 24.0 Å². The van der Waals surface area contributed by atoms with Crippen molar-refractivity contribution in [2.24, 2.45) is 0 Å². The van der Waals surface area contributed by atoms with Gasteiger partial charge in [-0.25, -0.2) is 0 Å². The molecule has 4 heteroatoms. The van der Waals surface area contributed by atoms with Crippen LogP contribution in [0.15, 0.2) is 36.4 Å². The fourth-order valence-corrected chi connectivity index (χ4v) is 3.23. The second kappa shape index (κ2) is 7.91. The number of alkyl halides is 1. The summed E-state index contributed by atoms with van der Waals surface area (Å²) in [5.74, 6) is 0.765. The molecule has 2 heterocycles. The van der Waals surface area contributed by atoms with Crippen molar-refractivity contribution in [1.29, 1.82) is 0 Å². The lowest BCUT2D eigenvalue weighted by Crippen LogP contribution is -2.31. The Morgan fingerprint density at radius 2 is 1.77 bits per heavy atom. The highest BCUT2D eigenvalue weighted by Crippen LogP contribution is 2.14. The molecule has 1 aliphatic heterocycles. The first kappa shape index (κ1) is 15.7. The first-order valence-corrected chi connectivity index (χ1v) is 8.74. The second-order valence-corrected chi connectivity index (χ2v) is 6.39. The third kappa shape index (κ3) is 4.19. The van der Waals surface area contributed by atoms with Crippen LogP contribution in [0.3, 0.4) is 0 Å². The first-order chi connectivity index (χ1) is 10.8. The Hall–Kier alpha value is -1.16. The van der Waals surface area contributed by atoms with Crippen LogP contribution in [0.5, 0.6) is 0 Å². The van der Waals surface area contributed by atoms with Gasteiger partial charge in [0.2, 0.25) is 0 Å². The molecule has 2 aromatic rings. The first-order valence-electron chi connectivity index (χ1n) is 8.20. The molecule has 3 rings (SSSR count). The van der Waals surface area contributed by atoms with Crippen LogP contribution in [0.1, 0.15) is 18.5 Å². The molecule has 1 aromatic carbocycles. The number of hydrogen-bond acceptors (Lipinski definition) is 3. The summed E-state index contributed by atoms with van der Waals surface area (Å²) >= 11 is 5.80. The van der Waals surface area contributed by atoms with Gasteiger partial charge in [-0.1, -0.05) is 24.3 Å². The van der Waals surface area contributed by atoms with E-state index in [-0.39, 0.29) is 0 Å². The van der Waals surface area contributed by atoms with Gasteiger partial charge in [-0.2, -0.15) is 0 Å². The zero-order valence-corrected chi connectivity index (χ0v) is 13.8. The van der Waals surface area contributed by atoms with E-state index in [1.807, 2.05) is 0 Å². The maximum absolute atomic E-state index is 5.80.